The standard InChI is InChI=1S/C19H16FN3O3/c1-19(14-6-3-12(10-21)4-7-14)17(24)23(18(25)22-19)11-13-5-8-16(26-2)15(20)9-13/h3-9H,11H2,1-2H3,(H,22,25). The van der Waals surface area contributed by atoms with Crippen molar-refractivity contribution in [2.75, 3.05) is 7.11 Å². The van der Waals surface area contributed by atoms with E-state index in [-0.39, 0.29) is 12.3 Å². The maximum atomic E-state index is 13.9. The van der Waals surface area contributed by atoms with Gasteiger partial charge in [0.1, 0.15) is 5.54 Å². The Morgan fingerprint density at radius 1 is 1.23 bits per heavy atom. The molecule has 0 bridgehead atoms. The third-order valence-electron chi connectivity index (χ3n) is 4.42. The first-order valence-corrected chi connectivity index (χ1v) is 7.86. The summed E-state index contributed by atoms with van der Waals surface area (Å²) in [5.41, 5.74) is 0.254. The predicted molar refractivity (Wildman–Crippen MR) is 90.5 cm³/mol. The second-order valence-electron chi connectivity index (χ2n) is 6.10. The second-order valence-corrected chi connectivity index (χ2v) is 6.10. The summed E-state index contributed by atoms with van der Waals surface area (Å²) in [6.45, 7) is 1.54. The number of hydrogen-bond donors (Lipinski definition) is 1. The fraction of sp³-hybridized carbons (Fsp3) is 0.211. The fourth-order valence-corrected chi connectivity index (χ4v) is 2.91. The Bertz CT molecular complexity index is 921. The third kappa shape index (κ3) is 2.86. The number of urea groups is 1. The van der Waals surface area contributed by atoms with Gasteiger partial charge in [0.15, 0.2) is 11.6 Å². The topological polar surface area (TPSA) is 82.4 Å². The first-order chi connectivity index (χ1) is 12.4. The molecule has 1 N–H and O–H groups in total. The summed E-state index contributed by atoms with van der Waals surface area (Å²) in [6.07, 6.45) is 0. The summed E-state index contributed by atoms with van der Waals surface area (Å²) in [4.78, 5) is 26.2. The fourth-order valence-electron chi connectivity index (χ4n) is 2.91. The summed E-state index contributed by atoms with van der Waals surface area (Å²) >= 11 is 0. The first kappa shape index (κ1) is 17.4. The Morgan fingerprint density at radius 3 is 2.50 bits per heavy atom. The number of benzene rings is 2. The molecule has 2 aromatic rings. The highest BCUT2D eigenvalue weighted by Gasteiger charge is 2.48. The van der Waals surface area contributed by atoms with Crippen LogP contribution in [0.4, 0.5) is 9.18 Å². The molecule has 1 unspecified atom stereocenters. The molecule has 7 heteroatoms. The minimum Gasteiger partial charge on any atom is -0.494 e. The number of imide groups is 1. The van der Waals surface area contributed by atoms with Crippen LogP contribution < -0.4 is 10.1 Å². The van der Waals surface area contributed by atoms with E-state index in [0.29, 0.717) is 16.7 Å². The van der Waals surface area contributed by atoms with Crippen LogP contribution in [0, 0.1) is 17.1 Å². The van der Waals surface area contributed by atoms with E-state index in [1.54, 1.807) is 37.3 Å². The van der Waals surface area contributed by atoms with Gasteiger partial charge in [-0.05, 0) is 42.3 Å². The van der Waals surface area contributed by atoms with Crippen LogP contribution in [0.5, 0.6) is 5.75 Å². The van der Waals surface area contributed by atoms with Gasteiger partial charge in [-0.2, -0.15) is 5.26 Å². The maximum absolute atomic E-state index is 13.9. The maximum Gasteiger partial charge on any atom is 0.325 e. The molecule has 0 aromatic heterocycles. The van der Waals surface area contributed by atoms with Gasteiger partial charge >= 0.3 is 6.03 Å². The number of carbonyl (C=O) groups is 2. The number of nitrogens with zero attached hydrogens (tertiary/aromatic N) is 2. The lowest BCUT2D eigenvalue weighted by Gasteiger charge is -2.22. The molecule has 1 fully saturated rings. The van der Waals surface area contributed by atoms with Gasteiger partial charge < -0.3 is 10.1 Å². The van der Waals surface area contributed by atoms with E-state index in [1.807, 2.05) is 6.07 Å². The quantitative estimate of drug-likeness (QED) is 0.857. The van der Waals surface area contributed by atoms with E-state index in [9.17, 15) is 14.0 Å². The molecular weight excluding hydrogens is 337 g/mol. The molecule has 0 spiro atoms. The Morgan fingerprint density at radius 2 is 1.92 bits per heavy atom. The SMILES string of the molecule is COc1ccc(CN2C(=O)NC(C)(c3ccc(C#N)cc3)C2=O)cc1F. The highest BCUT2D eigenvalue weighted by molar-refractivity contribution is 6.07. The molecule has 3 rings (SSSR count). The monoisotopic (exact) mass is 353 g/mol. The molecule has 0 radical (unpaired) electrons. The number of hydrogen-bond acceptors (Lipinski definition) is 4. The van der Waals surface area contributed by atoms with Crippen LogP contribution in [0.25, 0.3) is 0 Å². The zero-order valence-corrected chi connectivity index (χ0v) is 14.2. The number of carbonyl (C=O) groups excluding carboxylic acids is 2. The summed E-state index contributed by atoms with van der Waals surface area (Å²) in [5.74, 6) is -0.913. The van der Waals surface area contributed by atoms with Crippen molar-refractivity contribution >= 4 is 11.9 Å². The lowest BCUT2D eigenvalue weighted by atomic mass is 9.91. The van der Waals surface area contributed by atoms with Crippen molar-refractivity contribution in [2.45, 2.75) is 19.0 Å². The zero-order chi connectivity index (χ0) is 18.9. The average molecular weight is 353 g/mol. The average Bonchev–Trinajstić information content (AvgIpc) is 2.86. The lowest BCUT2D eigenvalue weighted by molar-refractivity contribution is -0.131. The van der Waals surface area contributed by atoms with Gasteiger partial charge in [-0.1, -0.05) is 18.2 Å². The van der Waals surface area contributed by atoms with Gasteiger partial charge in [-0.15, -0.1) is 0 Å². The number of amides is 3. The lowest BCUT2D eigenvalue weighted by Crippen LogP contribution is -2.40. The largest absolute Gasteiger partial charge is 0.494 e. The normalized spacial score (nSPS) is 19.2. The molecule has 132 valence electrons. The highest BCUT2D eigenvalue weighted by Crippen LogP contribution is 2.30. The van der Waals surface area contributed by atoms with Gasteiger partial charge in [0, 0.05) is 0 Å². The predicted octanol–water partition coefficient (Wildman–Crippen LogP) is 2.67. The number of rotatable bonds is 4. The van der Waals surface area contributed by atoms with Gasteiger partial charge in [0.05, 0.1) is 25.3 Å². The Hall–Kier alpha value is -3.40. The van der Waals surface area contributed by atoms with Crippen LogP contribution in [-0.4, -0.2) is 23.9 Å². The van der Waals surface area contributed by atoms with Crippen molar-refractivity contribution in [3.63, 3.8) is 0 Å². The minimum atomic E-state index is -1.24. The summed E-state index contributed by atoms with van der Waals surface area (Å²) in [5, 5.41) is 11.6. The van der Waals surface area contributed by atoms with Crippen molar-refractivity contribution in [3.05, 3.63) is 65.0 Å². The smallest absolute Gasteiger partial charge is 0.325 e. The van der Waals surface area contributed by atoms with Crippen LogP contribution in [0.2, 0.25) is 0 Å². The number of ether oxygens (including phenoxy) is 1. The Balaban J connectivity index is 1.86. The van der Waals surface area contributed by atoms with Crippen molar-refractivity contribution in [2.24, 2.45) is 0 Å². The Kier molecular flexibility index (Phi) is 4.34. The van der Waals surface area contributed by atoms with E-state index in [4.69, 9.17) is 10.00 Å². The van der Waals surface area contributed by atoms with Gasteiger partial charge in [0.2, 0.25) is 0 Å². The third-order valence-corrected chi connectivity index (χ3v) is 4.42. The molecule has 1 atom stereocenters. The molecule has 1 aliphatic heterocycles. The minimum absolute atomic E-state index is 0.0581. The molecule has 1 saturated heterocycles. The molecule has 1 heterocycles. The van der Waals surface area contributed by atoms with E-state index >= 15 is 0 Å². The van der Waals surface area contributed by atoms with E-state index in [2.05, 4.69) is 5.32 Å². The van der Waals surface area contributed by atoms with Crippen molar-refractivity contribution in [1.82, 2.24) is 10.2 Å². The van der Waals surface area contributed by atoms with Crippen LogP contribution in [0.1, 0.15) is 23.6 Å². The van der Waals surface area contributed by atoms with Crippen LogP contribution in [0.3, 0.4) is 0 Å². The molecule has 6 nitrogen and oxygen atoms in total. The van der Waals surface area contributed by atoms with E-state index in [0.717, 1.165) is 4.90 Å². The summed E-state index contributed by atoms with van der Waals surface area (Å²) in [7, 11) is 1.36. The highest BCUT2D eigenvalue weighted by atomic mass is 19.1. The molecule has 0 saturated carbocycles. The van der Waals surface area contributed by atoms with E-state index < -0.39 is 23.3 Å². The Labute approximate surface area is 149 Å². The number of nitrogens with one attached hydrogen (secondary N) is 1. The zero-order valence-electron chi connectivity index (χ0n) is 14.2. The molecule has 3 amide bonds. The second kappa shape index (κ2) is 6.48. The summed E-state index contributed by atoms with van der Waals surface area (Å²) in [6, 6.07) is 12.2. The molecule has 26 heavy (non-hydrogen) atoms. The summed E-state index contributed by atoms with van der Waals surface area (Å²) < 4.78 is 18.7. The van der Waals surface area contributed by atoms with Gasteiger partial charge in [0.25, 0.3) is 5.91 Å². The molecule has 0 aliphatic carbocycles. The number of nitriles is 1. The number of methoxy groups -OCH3 is 1. The van der Waals surface area contributed by atoms with E-state index in [1.165, 1.54) is 19.2 Å². The molecule has 2 aromatic carbocycles. The molecule has 1 aliphatic rings. The van der Waals surface area contributed by atoms with Crippen molar-refractivity contribution in [1.29, 1.82) is 5.26 Å². The van der Waals surface area contributed by atoms with Gasteiger partial charge in [-0.25, -0.2) is 9.18 Å². The molecular formula is C19H16FN3O3. The van der Waals surface area contributed by atoms with Crippen LogP contribution >= 0.6 is 0 Å². The van der Waals surface area contributed by atoms with Gasteiger partial charge in [-0.3, -0.25) is 9.69 Å². The first-order valence-electron chi connectivity index (χ1n) is 7.86. The van der Waals surface area contributed by atoms with Crippen molar-refractivity contribution < 1.29 is 18.7 Å². The van der Waals surface area contributed by atoms with Crippen LogP contribution in [0.15, 0.2) is 42.5 Å². The van der Waals surface area contributed by atoms with Crippen LogP contribution in [-0.2, 0) is 16.9 Å². The van der Waals surface area contributed by atoms with Crippen molar-refractivity contribution in [3.8, 4) is 11.8 Å². The number of halogens is 1.